The molecular weight excluding hydrogens is 287 g/mol. The number of benzene rings is 1. The van der Waals surface area contributed by atoms with Crippen LogP contribution in [-0.4, -0.2) is 88.5 Å². The Labute approximate surface area is 170 Å². The molecule has 1 heterocycles. The predicted octanol–water partition coefficient (Wildman–Crippen LogP) is 2.27. The van der Waals surface area contributed by atoms with Crippen molar-refractivity contribution in [1.29, 1.82) is 0 Å². The van der Waals surface area contributed by atoms with Gasteiger partial charge in [0.2, 0.25) is 0 Å². The summed E-state index contributed by atoms with van der Waals surface area (Å²) in [5.41, 5.74) is 1.54. The maximum absolute atomic E-state index is 6.21. The minimum absolute atomic E-state index is 0. The molecule has 0 N–H and O–H groups in total. The molecule has 21 heavy (non-hydrogen) atoms. The van der Waals surface area contributed by atoms with Gasteiger partial charge < -0.3 is 9.64 Å². The second-order valence-corrected chi connectivity index (χ2v) is 5.27. The van der Waals surface area contributed by atoms with Gasteiger partial charge in [-0.1, -0.05) is 36.4 Å². The first-order valence-electron chi connectivity index (χ1n) is 6.88. The molecule has 2 aromatic rings. The van der Waals surface area contributed by atoms with Crippen LogP contribution < -0.4 is 0 Å². The summed E-state index contributed by atoms with van der Waals surface area (Å²) in [5.74, 6) is 0. The van der Waals surface area contributed by atoms with Crippen molar-refractivity contribution in [3.63, 3.8) is 0 Å². The van der Waals surface area contributed by atoms with E-state index in [1.165, 1.54) is 0 Å². The third-order valence-electron chi connectivity index (χ3n) is 3.41. The molecule has 1 aromatic carbocycles. The normalized spacial score (nSPS) is 13.5. The Balaban J connectivity index is 0.00000220. The van der Waals surface area contributed by atoms with Gasteiger partial charge in [0.05, 0.1) is 12.3 Å². The molecule has 0 spiro atoms. The molecule has 4 heteroatoms. The van der Waals surface area contributed by atoms with Gasteiger partial charge in [-0.05, 0) is 38.7 Å². The molecule has 0 bridgehead atoms. The third kappa shape index (κ3) is 5.25. The molecular formula is C17H23KN2O. The zero-order valence-electron chi connectivity index (χ0n) is 12.4. The van der Waals surface area contributed by atoms with Gasteiger partial charge in [-0.2, -0.15) is 0 Å². The van der Waals surface area contributed by atoms with E-state index < -0.39 is 5.60 Å². The Morgan fingerprint density at radius 2 is 1.71 bits per heavy atom. The van der Waals surface area contributed by atoms with Crippen LogP contribution in [-0.2, 0) is 10.3 Å². The fourth-order valence-electron chi connectivity index (χ4n) is 2.14. The van der Waals surface area contributed by atoms with E-state index in [4.69, 9.17) is 4.74 Å². The Morgan fingerprint density at radius 3 is 2.29 bits per heavy atom. The van der Waals surface area contributed by atoms with Crippen molar-refractivity contribution in [2.45, 2.75) is 12.5 Å². The minimum atomic E-state index is -0.515. The van der Waals surface area contributed by atoms with Gasteiger partial charge in [0, 0.05) is 12.7 Å². The van der Waals surface area contributed by atoms with Crippen molar-refractivity contribution in [1.82, 2.24) is 9.88 Å². The van der Waals surface area contributed by atoms with E-state index in [0.717, 1.165) is 17.8 Å². The maximum atomic E-state index is 6.21. The SMILES string of the molecule is CN(C)CCOC(C)(c1ccccc1)c1ccccn1.[KH]. The fraction of sp³-hybridized carbons (Fsp3) is 0.353. The zero-order valence-corrected chi connectivity index (χ0v) is 12.4. The van der Waals surface area contributed by atoms with Crippen molar-refractivity contribution >= 4 is 51.4 Å². The summed E-state index contributed by atoms with van der Waals surface area (Å²) < 4.78 is 6.21. The van der Waals surface area contributed by atoms with Crippen LogP contribution in [0.15, 0.2) is 54.7 Å². The first-order chi connectivity index (χ1) is 9.63. The van der Waals surface area contributed by atoms with Crippen LogP contribution in [0.4, 0.5) is 0 Å². The molecule has 0 aliphatic heterocycles. The van der Waals surface area contributed by atoms with Crippen molar-refractivity contribution < 1.29 is 4.74 Å². The van der Waals surface area contributed by atoms with Crippen molar-refractivity contribution in [3.05, 3.63) is 66.0 Å². The van der Waals surface area contributed by atoms with Gasteiger partial charge in [-0.15, -0.1) is 0 Å². The van der Waals surface area contributed by atoms with Gasteiger partial charge in [-0.3, -0.25) is 4.98 Å². The molecule has 3 nitrogen and oxygen atoms in total. The second kappa shape index (κ2) is 9.15. The Kier molecular flexibility index (Phi) is 8.27. The fourth-order valence-corrected chi connectivity index (χ4v) is 2.14. The number of aromatic nitrogens is 1. The Bertz CT molecular complexity index is 477. The molecule has 1 aromatic heterocycles. The predicted molar refractivity (Wildman–Crippen MR) is 88.8 cm³/mol. The van der Waals surface area contributed by atoms with E-state index in [1.807, 2.05) is 56.7 Å². The Morgan fingerprint density at radius 1 is 1.05 bits per heavy atom. The summed E-state index contributed by atoms with van der Waals surface area (Å²) >= 11 is 0. The average molecular weight is 310 g/mol. The molecule has 2 rings (SSSR count). The summed E-state index contributed by atoms with van der Waals surface area (Å²) in [7, 11) is 4.09. The molecule has 0 aliphatic rings. The standard InChI is InChI=1S/C17H22N2O.K.H/c1-17(20-14-13-19(2)3,15-9-5-4-6-10-15)16-11-7-8-12-18-16;;/h4-12H,13-14H2,1-3H3;;. The van der Waals surface area contributed by atoms with Crippen LogP contribution in [0.2, 0.25) is 0 Å². The average Bonchev–Trinajstić information content (AvgIpc) is 2.48. The molecule has 1 atom stereocenters. The van der Waals surface area contributed by atoms with Crippen molar-refractivity contribution in [2.24, 2.45) is 0 Å². The van der Waals surface area contributed by atoms with Crippen molar-refractivity contribution in [2.75, 3.05) is 27.2 Å². The molecule has 0 fully saturated rings. The van der Waals surface area contributed by atoms with E-state index in [0.29, 0.717) is 6.61 Å². The Hall–Kier alpha value is -0.0736. The number of hydrogen-bond acceptors (Lipinski definition) is 3. The number of hydrogen-bond donors (Lipinski definition) is 0. The van der Waals surface area contributed by atoms with Crippen LogP contribution in [0.5, 0.6) is 0 Å². The van der Waals surface area contributed by atoms with Gasteiger partial charge in [0.25, 0.3) is 0 Å². The van der Waals surface area contributed by atoms with Crippen LogP contribution in [0.3, 0.4) is 0 Å². The summed E-state index contributed by atoms with van der Waals surface area (Å²) in [6.45, 7) is 3.63. The van der Waals surface area contributed by atoms with E-state index in [2.05, 4.69) is 28.9 Å². The second-order valence-electron chi connectivity index (χ2n) is 5.27. The monoisotopic (exact) mass is 310 g/mol. The topological polar surface area (TPSA) is 25.4 Å². The molecule has 108 valence electrons. The number of nitrogens with zero attached hydrogens (tertiary/aromatic N) is 2. The third-order valence-corrected chi connectivity index (χ3v) is 3.41. The molecule has 0 radical (unpaired) electrons. The van der Waals surface area contributed by atoms with E-state index >= 15 is 0 Å². The molecule has 0 aliphatic carbocycles. The van der Waals surface area contributed by atoms with Gasteiger partial charge in [-0.25, -0.2) is 0 Å². The van der Waals surface area contributed by atoms with Gasteiger partial charge >= 0.3 is 51.4 Å². The first kappa shape index (κ1) is 19.0. The number of ether oxygens (including phenoxy) is 1. The van der Waals surface area contributed by atoms with Crippen LogP contribution in [0.25, 0.3) is 0 Å². The molecule has 0 amide bonds. The van der Waals surface area contributed by atoms with E-state index in [-0.39, 0.29) is 51.4 Å². The molecule has 0 saturated heterocycles. The van der Waals surface area contributed by atoms with E-state index in [1.54, 1.807) is 0 Å². The quantitative estimate of drug-likeness (QED) is 0.766. The molecule has 1 unspecified atom stereocenters. The number of pyridine rings is 1. The summed E-state index contributed by atoms with van der Waals surface area (Å²) in [6, 6.07) is 16.2. The van der Waals surface area contributed by atoms with Crippen molar-refractivity contribution in [3.8, 4) is 0 Å². The zero-order chi connectivity index (χ0) is 14.4. The summed E-state index contributed by atoms with van der Waals surface area (Å²) in [4.78, 5) is 6.60. The number of rotatable bonds is 6. The van der Waals surface area contributed by atoms with Crippen LogP contribution in [0, 0.1) is 0 Å². The van der Waals surface area contributed by atoms with Crippen LogP contribution in [0.1, 0.15) is 18.2 Å². The van der Waals surface area contributed by atoms with Gasteiger partial charge in [0.1, 0.15) is 5.60 Å². The molecule has 0 saturated carbocycles. The van der Waals surface area contributed by atoms with Crippen LogP contribution >= 0.6 is 0 Å². The number of likely N-dealkylation sites (N-methyl/N-ethyl adjacent to an activating group) is 1. The first-order valence-corrected chi connectivity index (χ1v) is 6.88. The summed E-state index contributed by atoms with van der Waals surface area (Å²) in [6.07, 6.45) is 1.81. The van der Waals surface area contributed by atoms with Gasteiger partial charge in [0.15, 0.2) is 0 Å². The van der Waals surface area contributed by atoms with E-state index in [9.17, 15) is 0 Å². The summed E-state index contributed by atoms with van der Waals surface area (Å²) in [5, 5.41) is 0.